The van der Waals surface area contributed by atoms with Crippen LogP contribution in [0.1, 0.15) is 16.9 Å². The summed E-state index contributed by atoms with van der Waals surface area (Å²) in [5.41, 5.74) is 2.32. The van der Waals surface area contributed by atoms with Gasteiger partial charge in [0.05, 0.1) is 48.0 Å². The third kappa shape index (κ3) is 6.09. The number of urea groups is 1. The number of hydrogen-bond acceptors (Lipinski definition) is 9. The number of morpholine rings is 1. The molecule has 0 spiro atoms. The zero-order valence-electron chi connectivity index (χ0n) is 22.2. The Labute approximate surface area is 240 Å². The number of thiazole rings is 1. The first-order chi connectivity index (χ1) is 20.0. The molecule has 2 N–H and O–H groups in total. The van der Waals surface area contributed by atoms with Crippen molar-refractivity contribution in [1.29, 1.82) is 0 Å². The molecular weight excluding hydrogens is 546 g/mol. The summed E-state index contributed by atoms with van der Waals surface area (Å²) in [4.78, 5) is 38.1. The van der Waals surface area contributed by atoms with Crippen molar-refractivity contribution in [2.24, 2.45) is 0 Å². The lowest BCUT2D eigenvalue weighted by Gasteiger charge is -2.29. The number of carbonyl (C=O) groups is 2. The van der Waals surface area contributed by atoms with Crippen molar-refractivity contribution >= 4 is 44.4 Å². The van der Waals surface area contributed by atoms with Crippen LogP contribution in [0.15, 0.2) is 54.6 Å². The largest absolute Gasteiger partial charge is 0.491 e. The SMILES string of the molecule is O=C(O)c1nc(-c2ccc3c(c2)N(C(=O)Nc2nc4ccccc4s2)CCO3)ccc1OCCCN1CCOCC1. The highest BCUT2D eigenvalue weighted by molar-refractivity contribution is 7.22. The first-order valence-corrected chi connectivity index (χ1v) is 14.3. The van der Waals surface area contributed by atoms with Gasteiger partial charge in [-0.15, -0.1) is 0 Å². The highest BCUT2D eigenvalue weighted by Gasteiger charge is 2.26. The summed E-state index contributed by atoms with van der Waals surface area (Å²) in [6, 6.07) is 16.1. The van der Waals surface area contributed by atoms with Gasteiger partial charge in [-0.2, -0.15) is 0 Å². The number of aromatic nitrogens is 2. The van der Waals surface area contributed by atoms with E-state index in [0.29, 0.717) is 47.6 Å². The second-order valence-corrected chi connectivity index (χ2v) is 10.6. The van der Waals surface area contributed by atoms with E-state index in [4.69, 9.17) is 14.2 Å². The lowest BCUT2D eigenvalue weighted by molar-refractivity contribution is 0.0357. The monoisotopic (exact) mass is 575 g/mol. The van der Waals surface area contributed by atoms with Crippen LogP contribution in [0.3, 0.4) is 0 Å². The van der Waals surface area contributed by atoms with Crippen LogP contribution in [0.5, 0.6) is 11.5 Å². The third-order valence-corrected chi connectivity index (χ3v) is 7.86. The molecule has 212 valence electrons. The number of aromatic carboxylic acids is 1. The number of nitrogens with one attached hydrogen (secondary N) is 1. The lowest BCUT2D eigenvalue weighted by Crippen LogP contribution is -2.40. The number of carbonyl (C=O) groups excluding carboxylic acids is 1. The van der Waals surface area contributed by atoms with Gasteiger partial charge in [-0.25, -0.2) is 19.6 Å². The number of anilines is 2. The van der Waals surface area contributed by atoms with E-state index >= 15 is 0 Å². The molecule has 2 amide bonds. The highest BCUT2D eigenvalue weighted by Crippen LogP contribution is 2.37. The predicted molar refractivity (Wildman–Crippen MR) is 155 cm³/mol. The fourth-order valence-corrected chi connectivity index (χ4v) is 5.70. The van der Waals surface area contributed by atoms with E-state index in [2.05, 4.69) is 20.2 Å². The van der Waals surface area contributed by atoms with Gasteiger partial charge in [-0.05, 0) is 48.9 Å². The topological polar surface area (TPSA) is 126 Å². The second-order valence-electron chi connectivity index (χ2n) is 9.60. The van der Waals surface area contributed by atoms with Gasteiger partial charge in [0, 0.05) is 25.2 Å². The lowest BCUT2D eigenvalue weighted by atomic mass is 10.1. The summed E-state index contributed by atoms with van der Waals surface area (Å²) in [7, 11) is 0. The van der Waals surface area contributed by atoms with Crippen molar-refractivity contribution in [2.75, 3.05) is 62.8 Å². The summed E-state index contributed by atoms with van der Waals surface area (Å²) in [6.07, 6.45) is 0.764. The minimum absolute atomic E-state index is 0.159. The van der Waals surface area contributed by atoms with E-state index in [-0.39, 0.29) is 17.5 Å². The van der Waals surface area contributed by atoms with E-state index in [1.807, 2.05) is 24.3 Å². The predicted octanol–water partition coefficient (Wildman–Crippen LogP) is 4.59. The molecule has 1 saturated heterocycles. The first-order valence-electron chi connectivity index (χ1n) is 13.4. The number of carboxylic acid groups (broad SMARTS) is 1. The Balaban J connectivity index is 1.18. The number of amides is 2. The van der Waals surface area contributed by atoms with E-state index < -0.39 is 5.97 Å². The molecule has 41 heavy (non-hydrogen) atoms. The quantitative estimate of drug-likeness (QED) is 0.290. The minimum Gasteiger partial charge on any atom is -0.491 e. The van der Waals surface area contributed by atoms with Crippen LogP contribution < -0.4 is 19.7 Å². The van der Waals surface area contributed by atoms with Crippen LogP contribution in [0.2, 0.25) is 0 Å². The van der Waals surface area contributed by atoms with Crippen LogP contribution >= 0.6 is 11.3 Å². The average Bonchev–Trinajstić information content (AvgIpc) is 3.41. The van der Waals surface area contributed by atoms with Crippen LogP contribution in [0.4, 0.5) is 15.6 Å². The summed E-state index contributed by atoms with van der Waals surface area (Å²) in [5, 5.41) is 13.3. The number of fused-ring (bicyclic) bond motifs is 2. The molecule has 2 aliphatic heterocycles. The van der Waals surface area contributed by atoms with Crippen LogP contribution in [0, 0.1) is 0 Å². The van der Waals surface area contributed by atoms with Gasteiger partial charge in [-0.3, -0.25) is 15.1 Å². The number of carboxylic acids is 1. The molecule has 0 unspecified atom stereocenters. The maximum atomic E-state index is 13.3. The third-order valence-electron chi connectivity index (χ3n) is 6.91. The number of pyridine rings is 1. The van der Waals surface area contributed by atoms with Gasteiger partial charge < -0.3 is 19.3 Å². The number of ether oxygens (including phenoxy) is 3. The van der Waals surface area contributed by atoms with Gasteiger partial charge in [0.25, 0.3) is 0 Å². The van der Waals surface area contributed by atoms with E-state index in [0.717, 1.165) is 49.5 Å². The van der Waals surface area contributed by atoms with Crippen molar-refractivity contribution < 1.29 is 28.9 Å². The molecule has 0 radical (unpaired) electrons. The van der Waals surface area contributed by atoms with E-state index in [1.54, 1.807) is 35.2 Å². The van der Waals surface area contributed by atoms with Crippen molar-refractivity contribution in [2.45, 2.75) is 6.42 Å². The Hall–Kier alpha value is -4.26. The van der Waals surface area contributed by atoms with Gasteiger partial charge in [-0.1, -0.05) is 23.5 Å². The Morgan fingerprint density at radius 1 is 1.02 bits per heavy atom. The normalized spacial score (nSPS) is 15.3. The Morgan fingerprint density at radius 3 is 2.71 bits per heavy atom. The summed E-state index contributed by atoms with van der Waals surface area (Å²) < 4.78 is 18.0. The molecule has 1 fully saturated rings. The Kier molecular flexibility index (Phi) is 7.94. The summed E-state index contributed by atoms with van der Waals surface area (Å²) in [6.45, 7) is 5.18. The minimum atomic E-state index is -1.17. The molecule has 2 aromatic heterocycles. The Morgan fingerprint density at radius 2 is 1.88 bits per heavy atom. The molecule has 0 atom stereocenters. The number of benzene rings is 2. The smallest absolute Gasteiger partial charge is 0.358 e. The van der Waals surface area contributed by atoms with Crippen molar-refractivity contribution in [1.82, 2.24) is 14.9 Å². The molecule has 4 aromatic rings. The number of hydrogen-bond donors (Lipinski definition) is 2. The van der Waals surface area contributed by atoms with Crippen LogP contribution in [-0.4, -0.2) is 84.6 Å². The molecule has 0 aliphatic carbocycles. The van der Waals surface area contributed by atoms with Gasteiger partial charge in [0.1, 0.15) is 12.4 Å². The van der Waals surface area contributed by atoms with Gasteiger partial charge in [0.15, 0.2) is 16.6 Å². The zero-order chi connectivity index (χ0) is 28.2. The zero-order valence-corrected chi connectivity index (χ0v) is 23.1. The van der Waals surface area contributed by atoms with Crippen molar-refractivity contribution in [3.05, 3.63) is 60.3 Å². The fourth-order valence-electron chi connectivity index (χ4n) is 4.84. The molecule has 0 bridgehead atoms. The molecule has 2 aliphatic rings. The molecule has 11 nitrogen and oxygen atoms in total. The summed E-state index contributed by atoms with van der Waals surface area (Å²) in [5.74, 6) is -0.396. The molecule has 2 aromatic carbocycles. The molecular formula is C29H29N5O6S. The molecule has 12 heteroatoms. The molecule has 6 rings (SSSR count). The standard InChI is InChI=1S/C29H29N5O6S/c35-27(36)26-24(39-14-3-10-33-11-15-38-16-12-33)9-7-20(30-26)19-6-8-23-22(18-19)34(13-17-40-23)29(37)32-28-31-21-4-1-2-5-25(21)41-28/h1-2,4-9,18H,3,10-17H2,(H,35,36)(H,31,32,37). The van der Waals surface area contributed by atoms with E-state index in [9.17, 15) is 14.7 Å². The van der Waals surface area contributed by atoms with Gasteiger partial charge in [0.2, 0.25) is 0 Å². The van der Waals surface area contributed by atoms with Crippen LogP contribution in [0.25, 0.3) is 21.5 Å². The van der Waals surface area contributed by atoms with Gasteiger partial charge >= 0.3 is 12.0 Å². The maximum Gasteiger partial charge on any atom is 0.358 e. The number of rotatable bonds is 8. The number of nitrogens with zero attached hydrogens (tertiary/aromatic N) is 4. The van der Waals surface area contributed by atoms with Crippen molar-refractivity contribution in [3.63, 3.8) is 0 Å². The average molecular weight is 576 g/mol. The first kappa shape index (κ1) is 26.9. The van der Waals surface area contributed by atoms with Crippen LogP contribution in [-0.2, 0) is 4.74 Å². The number of para-hydroxylation sites is 1. The Bertz CT molecular complexity index is 1540. The molecule has 0 saturated carbocycles. The molecule has 4 heterocycles. The van der Waals surface area contributed by atoms with Crippen molar-refractivity contribution in [3.8, 4) is 22.8 Å². The van der Waals surface area contributed by atoms with E-state index in [1.165, 1.54) is 11.3 Å². The maximum absolute atomic E-state index is 13.3. The fraction of sp³-hybridized carbons (Fsp3) is 0.310. The second kappa shape index (κ2) is 12.1. The highest BCUT2D eigenvalue weighted by atomic mass is 32.1. The summed E-state index contributed by atoms with van der Waals surface area (Å²) >= 11 is 1.40.